The van der Waals surface area contributed by atoms with E-state index in [1.807, 2.05) is 45.0 Å². The summed E-state index contributed by atoms with van der Waals surface area (Å²) in [6, 6.07) is 7.67. The van der Waals surface area contributed by atoms with Gasteiger partial charge in [-0.1, -0.05) is 18.2 Å². The highest BCUT2D eigenvalue weighted by molar-refractivity contribution is 8.00. The van der Waals surface area contributed by atoms with Gasteiger partial charge in [-0.05, 0) is 26.8 Å². The summed E-state index contributed by atoms with van der Waals surface area (Å²) in [6.07, 6.45) is 1.72. The summed E-state index contributed by atoms with van der Waals surface area (Å²) in [5.41, 5.74) is 1.12. The Morgan fingerprint density at radius 2 is 1.90 bits per heavy atom. The summed E-state index contributed by atoms with van der Waals surface area (Å²) in [6.45, 7) is 5.48. The van der Waals surface area contributed by atoms with E-state index >= 15 is 0 Å². The van der Waals surface area contributed by atoms with E-state index in [0.29, 0.717) is 5.56 Å². The number of thioether (sulfide) groups is 1. The van der Waals surface area contributed by atoms with Crippen molar-refractivity contribution in [3.63, 3.8) is 0 Å². The van der Waals surface area contributed by atoms with Gasteiger partial charge in [0.25, 0.3) is 0 Å². The van der Waals surface area contributed by atoms with Crippen LogP contribution in [0.4, 0.5) is 0 Å². The van der Waals surface area contributed by atoms with Gasteiger partial charge in [-0.3, -0.25) is 9.59 Å². The molecule has 5 heteroatoms. The SMILES string of the molecule is CC(C)(C)OC(=O)CSCC(=O)c1c[nH]c2ccccc12. The second-order valence-corrected chi connectivity index (χ2v) is 6.74. The highest BCUT2D eigenvalue weighted by atomic mass is 32.2. The number of carbonyl (C=O) groups is 2. The molecule has 1 aromatic carbocycles. The van der Waals surface area contributed by atoms with Crippen LogP contribution in [0.3, 0.4) is 0 Å². The Bertz CT molecular complexity index is 655. The lowest BCUT2D eigenvalue weighted by Gasteiger charge is -2.19. The number of H-pyrrole nitrogens is 1. The van der Waals surface area contributed by atoms with Gasteiger partial charge in [-0.25, -0.2) is 0 Å². The number of aromatic nitrogens is 1. The zero-order valence-corrected chi connectivity index (χ0v) is 13.3. The first-order valence-electron chi connectivity index (χ1n) is 6.76. The number of ether oxygens (including phenoxy) is 1. The van der Waals surface area contributed by atoms with E-state index in [9.17, 15) is 9.59 Å². The quantitative estimate of drug-likeness (QED) is 0.679. The molecule has 0 radical (unpaired) electrons. The molecular formula is C16H19NO3S. The number of fused-ring (bicyclic) bond motifs is 1. The zero-order valence-electron chi connectivity index (χ0n) is 12.4. The molecule has 0 bridgehead atoms. The Morgan fingerprint density at radius 1 is 1.19 bits per heavy atom. The van der Waals surface area contributed by atoms with Gasteiger partial charge in [-0.15, -0.1) is 11.8 Å². The average Bonchev–Trinajstić information content (AvgIpc) is 2.80. The third-order valence-electron chi connectivity index (χ3n) is 2.76. The molecule has 1 heterocycles. The van der Waals surface area contributed by atoms with Crippen molar-refractivity contribution in [2.45, 2.75) is 26.4 Å². The highest BCUT2D eigenvalue weighted by Crippen LogP contribution is 2.20. The number of rotatable bonds is 5. The third-order valence-corrected chi connectivity index (χ3v) is 3.67. The molecule has 0 aliphatic carbocycles. The van der Waals surface area contributed by atoms with Crippen LogP contribution in [0.25, 0.3) is 10.9 Å². The Labute approximate surface area is 128 Å². The standard InChI is InChI=1S/C16H19NO3S/c1-16(2,3)20-15(19)10-21-9-14(18)12-8-17-13-7-5-4-6-11(12)13/h4-8,17H,9-10H2,1-3H3. The lowest BCUT2D eigenvalue weighted by molar-refractivity contribution is -0.151. The number of hydrogen-bond donors (Lipinski definition) is 1. The Hall–Kier alpha value is -1.75. The molecule has 0 saturated carbocycles. The summed E-state index contributed by atoms with van der Waals surface area (Å²) in [5, 5.41) is 0.917. The predicted molar refractivity (Wildman–Crippen MR) is 85.8 cm³/mol. The molecule has 1 aromatic heterocycles. The molecule has 0 amide bonds. The second kappa shape index (κ2) is 6.35. The molecule has 0 aliphatic rings. The Kier molecular flexibility index (Phi) is 4.73. The van der Waals surface area contributed by atoms with Crippen molar-refractivity contribution in [2.75, 3.05) is 11.5 Å². The molecule has 112 valence electrons. The van der Waals surface area contributed by atoms with Gasteiger partial charge in [0, 0.05) is 22.7 Å². The highest BCUT2D eigenvalue weighted by Gasteiger charge is 2.17. The van der Waals surface area contributed by atoms with Gasteiger partial charge in [0.2, 0.25) is 0 Å². The van der Waals surface area contributed by atoms with E-state index in [4.69, 9.17) is 4.74 Å². The van der Waals surface area contributed by atoms with Crippen molar-refractivity contribution in [1.29, 1.82) is 0 Å². The van der Waals surface area contributed by atoms with Crippen molar-refractivity contribution in [2.24, 2.45) is 0 Å². The largest absolute Gasteiger partial charge is 0.459 e. The number of esters is 1. The van der Waals surface area contributed by atoms with E-state index < -0.39 is 5.60 Å². The lowest BCUT2D eigenvalue weighted by Crippen LogP contribution is -2.25. The monoisotopic (exact) mass is 305 g/mol. The van der Waals surface area contributed by atoms with Gasteiger partial charge in [0.1, 0.15) is 5.60 Å². The van der Waals surface area contributed by atoms with Crippen LogP contribution in [0.1, 0.15) is 31.1 Å². The van der Waals surface area contributed by atoms with Crippen LogP contribution in [-0.2, 0) is 9.53 Å². The lowest BCUT2D eigenvalue weighted by atomic mass is 10.1. The molecule has 0 fully saturated rings. The van der Waals surface area contributed by atoms with Crippen molar-refractivity contribution in [1.82, 2.24) is 4.98 Å². The van der Waals surface area contributed by atoms with Crippen molar-refractivity contribution in [3.05, 3.63) is 36.0 Å². The number of benzene rings is 1. The predicted octanol–water partition coefficient (Wildman–Crippen LogP) is 3.43. The van der Waals surface area contributed by atoms with Crippen LogP contribution >= 0.6 is 11.8 Å². The van der Waals surface area contributed by atoms with Gasteiger partial charge in [0.15, 0.2) is 5.78 Å². The second-order valence-electron chi connectivity index (χ2n) is 5.75. The Balaban J connectivity index is 1.89. The van der Waals surface area contributed by atoms with Crippen LogP contribution in [0, 0.1) is 0 Å². The van der Waals surface area contributed by atoms with Gasteiger partial charge < -0.3 is 9.72 Å². The van der Waals surface area contributed by atoms with E-state index in [0.717, 1.165) is 10.9 Å². The maximum atomic E-state index is 12.2. The fraction of sp³-hybridized carbons (Fsp3) is 0.375. The first kappa shape index (κ1) is 15.6. The number of aromatic amines is 1. The number of ketones is 1. The first-order chi connectivity index (χ1) is 9.87. The fourth-order valence-electron chi connectivity index (χ4n) is 1.98. The maximum Gasteiger partial charge on any atom is 0.316 e. The maximum absolute atomic E-state index is 12.2. The van der Waals surface area contributed by atoms with Crippen LogP contribution in [-0.4, -0.2) is 33.8 Å². The zero-order chi connectivity index (χ0) is 15.5. The summed E-state index contributed by atoms with van der Waals surface area (Å²) in [4.78, 5) is 26.8. The molecule has 0 aliphatic heterocycles. The number of hydrogen-bond acceptors (Lipinski definition) is 4. The molecule has 21 heavy (non-hydrogen) atoms. The third kappa shape index (κ3) is 4.36. The normalized spacial score (nSPS) is 11.6. The summed E-state index contributed by atoms with van der Waals surface area (Å²) in [7, 11) is 0. The number of carbonyl (C=O) groups excluding carboxylic acids is 2. The van der Waals surface area contributed by atoms with Gasteiger partial charge >= 0.3 is 5.97 Å². The van der Waals surface area contributed by atoms with Gasteiger partial charge in [0.05, 0.1) is 11.5 Å². The van der Waals surface area contributed by atoms with Crippen molar-refractivity contribution in [3.8, 4) is 0 Å². The van der Waals surface area contributed by atoms with Crippen molar-refractivity contribution < 1.29 is 14.3 Å². The average molecular weight is 305 g/mol. The molecule has 4 nitrogen and oxygen atoms in total. The molecule has 0 unspecified atom stereocenters. The van der Waals surface area contributed by atoms with Crippen LogP contribution in [0.15, 0.2) is 30.5 Å². The number of Topliss-reactive ketones (excluding diaryl/α,β-unsaturated/α-hetero) is 1. The van der Waals surface area contributed by atoms with Crippen LogP contribution in [0.5, 0.6) is 0 Å². The minimum atomic E-state index is -0.488. The molecule has 1 N–H and O–H groups in total. The number of para-hydroxylation sites is 1. The van der Waals surface area contributed by atoms with E-state index in [-0.39, 0.29) is 23.3 Å². The minimum absolute atomic E-state index is 0.0148. The van der Waals surface area contributed by atoms with Gasteiger partial charge in [-0.2, -0.15) is 0 Å². The Morgan fingerprint density at radius 3 is 2.62 bits per heavy atom. The minimum Gasteiger partial charge on any atom is -0.459 e. The van der Waals surface area contributed by atoms with E-state index in [1.165, 1.54) is 11.8 Å². The molecule has 0 atom stereocenters. The number of nitrogens with one attached hydrogen (secondary N) is 1. The first-order valence-corrected chi connectivity index (χ1v) is 7.91. The van der Waals surface area contributed by atoms with E-state index in [1.54, 1.807) is 6.20 Å². The fourth-order valence-corrected chi connectivity index (χ4v) is 2.65. The van der Waals surface area contributed by atoms with E-state index in [2.05, 4.69) is 4.98 Å². The molecule has 0 spiro atoms. The summed E-state index contributed by atoms with van der Waals surface area (Å²) in [5.74, 6) is 0.173. The smallest absolute Gasteiger partial charge is 0.316 e. The van der Waals surface area contributed by atoms with Crippen LogP contribution in [0.2, 0.25) is 0 Å². The molecular weight excluding hydrogens is 286 g/mol. The molecule has 2 aromatic rings. The topological polar surface area (TPSA) is 59.2 Å². The summed E-state index contributed by atoms with van der Waals surface area (Å²) < 4.78 is 5.20. The van der Waals surface area contributed by atoms with Crippen LogP contribution < -0.4 is 0 Å². The summed E-state index contributed by atoms with van der Waals surface area (Å²) >= 11 is 1.28. The molecule has 0 saturated heterocycles. The molecule has 2 rings (SSSR count). The van der Waals surface area contributed by atoms with Crippen molar-refractivity contribution >= 4 is 34.4 Å².